The van der Waals surface area contributed by atoms with Gasteiger partial charge in [0.15, 0.2) is 5.82 Å². The van der Waals surface area contributed by atoms with E-state index in [1.807, 2.05) is 37.3 Å². The van der Waals surface area contributed by atoms with Crippen LogP contribution in [0.3, 0.4) is 0 Å². The van der Waals surface area contributed by atoms with E-state index >= 15 is 0 Å². The van der Waals surface area contributed by atoms with Crippen LogP contribution in [0.5, 0.6) is 5.75 Å². The molecule has 188 valence electrons. The Balaban J connectivity index is 1.48. The van der Waals surface area contributed by atoms with Gasteiger partial charge in [-0.25, -0.2) is 4.68 Å². The first kappa shape index (κ1) is 24.0. The van der Waals surface area contributed by atoms with Crippen LogP contribution in [-0.4, -0.2) is 77.1 Å². The van der Waals surface area contributed by atoms with Gasteiger partial charge >= 0.3 is 0 Å². The van der Waals surface area contributed by atoms with Crippen molar-refractivity contribution in [3.63, 3.8) is 0 Å². The zero-order valence-electron chi connectivity index (χ0n) is 20.8. The highest BCUT2D eigenvalue weighted by Crippen LogP contribution is 2.29. The Kier molecular flexibility index (Phi) is 6.97. The van der Waals surface area contributed by atoms with E-state index in [-0.39, 0.29) is 11.6 Å². The fourth-order valence-corrected chi connectivity index (χ4v) is 4.81. The lowest BCUT2D eigenvalue weighted by Gasteiger charge is -2.39. The zero-order chi connectivity index (χ0) is 25.1. The monoisotopic (exact) mass is 489 g/mol. The molecule has 1 unspecified atom stereocenters. The number of methoxy groups -OCH3 is 2. The summed E-state index contributed by atoms with van der Waals surface area (Å²) in [6.07, 6.45) is 0. The van der Waals surface area contributed by atoms with Gasteiger partial charge in [-0.05, 0) is 64.7 Å². The molecule has 0 saturated carbocycles. The van der Waals surface area contributed by atoms with Crippen LogP contribution in [-0.2, 0) is 11.3 Å². The molecular weight excluding hydrogens is 458 g/mol. The smallest absolute Gasteiger partial charge is 0.253 e. The number of fused-ring (bicyclic) bond motifs is 1. The summed E-state index contributed by atoms with van der Waals surface area (Å²) in [6, 6.07) is 15.8. The average molecular weight is 490 g/mol. The summed E-state index contributed by atoms with van der Waals surface area (Å²) in [6.45, 7) is 6.12. The SMILES string of the molecule is COCCn1nnnc1C(c1cc2ccc(C)cc2[nH]c1=O)N1CCN(c2ccc(OC)cc2)CC1. The van der Waals surface area contributed by atoms with E-state index in [1.54, 1.807) is 18.9 Å². The van der Waals surface area contributed by atoms with Crippen molar-refractivity contribution >= 4 is 16.6 Å². The van der Waals surface area contributed by atoms with Crippen LogP contribution in [0.1, 0.15) is 23.0 Å². The summed E-state index contributed by atoms with van der Waals surface area (Å²) in [5, 5.41) is 13.5. The van der Waals surface area contributed by atoms with Gasteiger partial charge in [-0.15, -0.1) is 5.10 Å². The molecule has 36 heavy (non-hydrogen) atoms. The first-order chi connectivity index (χ1) is 17.6. The molecule has 0 amide bonds. The zero-order valence-corrected chi connectivity index (χ0v) is 20.8. The second-order valence-corrected chi connectivity index (χ2v) is 9.02. The van der Waals surface area contributed by atoms with E-state index < -0.39 is 0 Å². The van der Waals surface area contributed by atoms with Crippen molar-refractivity contribution < 1.29 is 9.47 Å². The minimum Gasteiger partial charge on any atom is -0.497 e. The molecule has 2 aromatic carbocycles. The number of pyridine rings is 1. The van der Waals surface area contributed by atoms with Gasteiger partial charge in [0.25, 0.3) is 5.56 Å². The van der Waals surface area contributed by atoms with Gasteiger partial charge in [0.2, 0.25) is 0 Å². The molecule has 0 spiro atoms. The normalized spacial score (nSPS) is 15.4. The third kappa shape index (κ3) is 4.82. The summed E-state index contributed by atoms with van der Waals surface area (Å²) in [5.41, 5.74) is 3.58. The van der Waals surface area contributed by atoms with E-state index in [0.717, 1.165) is 54.1 Å². The number of aromatic nitrogens is 5. The number of nitrogens with one attached hydrogen (secondary N) is 1. The third-order valence-electron chi connectivity index (χ3n) is 6.75. The molecule has 0 bridgehead atoms. The standard InChI is InChI=1S/C26H31N7O3/c1-18-4-5-19-17-22(26(34)27-23(19)16-18)24(25-28-29-30-33(25)14-15-35-2)32-12-10-31(11-13-32)20-6-8-21(36-3)9-7-20/h4-9,16-17,24H,10-15H2,1-3H3,(H,27,34). The maximum atomic E-state index is 13.4. The summed E-state index contributed by atoms with van der Waals surface area (Å²) < 4.78 is 12.3. The summed E-state index contributed by atoms with van der Waals surface area (Å²) in [7, 11) is 3.32. The summed E-state index contributed by atoms with van der Waals surface area (Å²) >= 11 is 0. The van der Waals surface area contributed by atoms with Crippen LogP contribution in [0.4, 0.5) is 5.69 Å². The highest BCUT2D eigenvalue weighted by molar-refractivity contribution is 5.79. The lowest BCUT2D eigenvalue weighted by atomic mass is 10.0. The molecule has 0 radical (unpaired) electrons. The Bertz CT molecular complexity index is 1370. The maximum Gasteiger partial charge on any atom is 0.253 e. The number of tetrazole rings is 1. The van der Waals surface area contributed by atoms with Crippen LogP contribution in [0.25, 0.3) is 10.9 Å². The van der Waals surface area contributed by atoms with Crippen molar-refractivity contribution in [3.05, 3.63) is 75.8 Å². The van der Waals surface area contributed by atoms with Crippen LogP contribution in [0.15, 0.2) is 53.3 Å². The van der Waals surface area contributed by atoms with E-state index in [1.165, 1.54) is 0 Å². The number of ether oxygens (including phenoxy) is 2. The molecule has 1 aliphatic heterocycles. The van der Waals surface area contributed by atoms with Crippen molar-refractivity contribution in [1.82, 2.24) is 30.1 Å². The molecule has 10 nitrogen and oxygen atoms in total. The van der Waals surface area contributed by atoms with Crippen molar-refractivity contribution in [2.24, 2.45) is 0 Å². The van der Waals surface area contributed by atoms with Gasteiger partial charge in [0.05, 0.1) is 20.3 Å². The molecule has 1 aliphatic rings. The van der Waals surface area contributed by atoms with E-state index in [0.29, 0.717) is 24.5 Å². The lowest BCUT2D eigenvalue weighted by molar-refractivity contribution is 0.171. The van der Waals surface area contributed by atoms with Gasteiger partial charge < -0.3 is 19.4 Å². The van der Waals surface area contributed by atoms with Crippen LogP contribution in [0.2, 0.25) is 0 Å². The number of nitrogens with zero attached hydrogens (tertiary/aromatic N) is 6. The molecule has 5 rings (SSSR count). The fourth-order valence-electron chi connectivity index (χ4n) is 4.81. The van der Waals surface area contributed by atoms with Gasteiger partial charge in [0, 0.05) is 50.1 Å². The van der Waals surface area contributed by atoms with Gasteiger partial charge in [-0.3, -0.25) is 9.69 Å². The minimum atomic E-state index is -0.385. The van der Waals surface area contributed by atoms with Crippen molar-refractivity contribution in [2.75, 3.05) is 51.9 Å². The van der Waals surface area contributed by atoms with Crippen LogP contribution in [0, 0.1) is 6.92 Å². The molecule has 2 aromatic heterocycles. The van der Waals surface area contributed by atoms with E-state index in [2.05, 4.69) is 48.5 Å². The molecule has 1 atom stereocenters. The van der Waals surface area contributed by atoms with Gasteiger partial charge in [-0.1, -0.05) is 12.1 Å². The molecule has 1 saturated heterocycles. The Morgan fingerprint density at radius 1 is 1.03 bits per heavy atom. The fraction of sp³-hybridized carbons (Fsp3) is 0.385. The second-order valence-electron chi connectivity index (χ2n) is 9.02. The Morgan fingerprint density at radius 2 is 1.81 bits per heavy atom. The third-order valence-corrected chi connectivity index (χ3v) is 6.75. The topological polar surface area (TPSA) is 101 Å². The largest absolute Gasteiger partial charge is 0.497 e. The second kappa shape index (κ2) is 10.5. The minimum absolute atomic E-state index is 0.128. The molecule has 3 heterocycles. The highest BCUT2D eigenvalue weighted by Gasteiger charge is 2.32. The van der Waals surface area contributed by atoms with Gasteiger partial charge in [0.1, 0.15) is 11.8 Å². The molecule has 1 fully saturated rings. The molecule has 10 heteroatoms. The van der Waals surface area contributed by atoms with Crippen LogP contribution < -0.4 is 15.2 Å². The summed E-state index contributed by atoms with van der Waals surface area (Å²) in [5.74, 6) is 1.48. The predicted molar refractivity (Wildman–Crippen MR) is 138 cm³/mol. The van der Waals surface area contributed by atoms with Crippen molar-refractivity contribution in [3.8, 4) is 5.75 Å². The van der Waals surface area contributed by atoms with E-state index in [4.69, 9.17) is 9.47 Å². The molecule has 4 aromatic rings. The van der Waals surface area contributed by atoms with Crippen molar-refractivity contribution in [2.45, 2.75) is 19.5 Å². The summed E-state index contributed by atoms with van der Waals surface area (Å²) in [4.78, 5) is 21.1. The number of benzene rings is 2. The number of aryl methyl sites for hydroxylation is 1. The number of piperazine rings is 1. The van der Waals surface area contributed by atoms with E-state index in [9.17, 15) is 4.79 Å². The molecule has 0 aliphatic carbocycles. The number of aromatic amines is 1. The molecule has 1 N–H and O–H groups in total. The highest BCUT2D eigenvalue weighted by atomic mass is 16.5. The first-order valence-electron chi connectivity index (χ1n) is 12.1. The Morgan fingerprint density at radius 3 is 2.53 bits per heavy atom. The first-order valence-corrected chi connectivity index (χ1v) is 12.1. The molecular formula is C26H31N7O3. The number of hydrogen-bond acceptors (Lipinski definition) is 8. The number of anilines is 1. The van der Waals surface area contributed by atoms with Gasteiger partial charge in [-0.2, -0.15) is 0 Å². The quantitative estimate of drug-likeness (QED) is 0.403. The van der Waals surface area contributed by atoms with Crippen LogP contribution >= 0.6 is 0 Å². The maximum absolute atomic E-state index is 13.4. The lowest BCUT2D eigenvalue weighted by Crippen LogP contribution is -2.49. The number of hydrogen-bond donors (Lipinski definition) is 1. The average Bonchev–Trinajstić information content (AvgIpc) is 3.36. The number of H-pyrrole nitrogens is 1. The predicted octanol–water partition coefficient (Wildman–Crippen LogP) is 2.39. The Labute approximate surface area is 209 Å². The number of rotatable bonds is 8. The Hall–Kier alpha value is -3.76. The van der Waals surface area contributed by atoms with Crippen molar-refractivity contribution in [1.29, 1.82) is 0 Å².